The van der Waals surface area contributed by atoms with Crippen LogP contribution in [-0.4, -0.2) is 37.8 Å². The van der Waals surface area contributed by atoms with Gasteiger partial charge in [0, 0.05) is 30.1 Å². The van der Waals surface area contributed by atoms with Gasteiger partial charge < -0.3 is 5.32 Å². The molecule has 1 aromatic carbocycles. The van der Waals surface area contributed by atoms with Gasteiger partial charge in [-0.25, -0.2) is 8.42 Å². The van der Waals surface area contributed by atoms with Crippen molar-refractivity contribution in [2.75, 3.05) is 13.1 Å². The molecule has 26 heavy (non-hydrogen) atoms. The third kappa shape index (κ3) is 4.78. The van der Waals surface area contributed by atoms with Gasteiger partial charge in [0.05, 0.1) is 4.90 Å². The maximum atomic E-state index is 12.7. The van der Waals surface area contributed by atoms with Crippen LogP contribution < -0.4 is 5.32 Å². The van der Waals surface area contributed by atoms with E-state index in [1.165, 1.54) is 42.1 Å². The van der Waals surface area contributed by atoms with Crippen LogP contribution >= 0.6 is 11.6 Å². The number of amides is 1. The van der Waals surface area contributed by atoms with Crippen molar-refractivity contribution in [1.29, 1.82) is 0 Å². The van der Waals surface area contributed by atoms with Gasteiger partial charge in [-0.15, -0.1) is 0 Å². The smallest absolute Gasteiger partial charge is 0.243 e. The van der Waals surface area contributed by atoms with Crippen LogP contribution in [0.25, 0.3) is 0 Å². The number of nitrogens with zero attached hydrogens (tertiary/aromatic N) is 1. The Morgan fingerprint density at radius 2 is 1.54 bits per heavy atom. The lowest BCUT2D eigenvalue weighted by molar-refractivity contribution is -0.126. The number of carbonyl (C=O) groups is 1. The fourth-order valence-corrected chi connectivity index (χ4v) is 5.45. The molecule has 0 atom stereocenters. The van der Waals surface area contributed by atoms with Gasteiger partial charge in [0.25, 0.3) is 0 Å². The standard InChI is InChI=1S/C19H27ClN2O3S/c20-16-7-9-18(10-8-16)26(24,25)22-13-11-15(12-14-22)19(23)21-17-5-3-1-2-4-6-17/h7-10,15,17H,1-6,11-14H2,(H,21,23). The molecule has 0 spiro atoms. The van der Waals surface area contributed by atoms with Crippen LogP contribution in [0.15, 0.2) is 29.2 Å². The summed E-state index contributed by atoms with van der Waals surface area (Å²) in [6.07, 6.45) is 8.16. The minimum absolute atomic E-state index is 0.0880. The number of carbonyl (C=O) groups excluding carboxylic acids is 1. The molecule has 144 valence electrons. The van der Waals surface area contributed by atoms with Crippen LogP contribution in [0.4, 0.5) is 0 Å². The van der Waals surface area contributed by atoms with E-state index in [0.717, 1.165) is 12.8 Å². The predicted molar refractivity (Wildman–Crippen MR) is 103 cm³/mol. The molecule has 3 rings (SSSR count). The van der Waals surface area contributed by atoms with E-state index in [4.69, 9.17) is 11.6 Å². The second-order valence-corrected chi connectivity index (χ2v) is 9.70. The first kappa shape index (κ1) is 19.6. The van der Waals surface area contributed by atoms with Gasteiger partial charge in [0.15, 0.2) is 0 Å². The number of hydrogen-bond acceptors (Lipinski definition) is 3. The van der Waals surface area contributed by atoms with Crippen molar-refractivity contribution in [3.8, 4) is 0 Å². The number of halogens is 1. The summed E-state index contributed by atoms with van der Waals surface area (Å²) in [4.78, 5) is 12.8. The highest BCUT2D eigenvalue weighted by atomic mass is 35.5. The molecular formula is C19H27ClN2O3S. The quantitative estimate of drug-likeness (QED) is 0.788. The SMILES string of the molecule is O=C(NC1CCCCCC1)C1CCN(S(=O)(=O)c2ccc(Cl)cc2)CC1. The number of benzene rings is 1. The molecule has 1 saturated heterocycles. The van der Waals surface area contributed by atoms with E-state index in [1.807, 2.05) is 0 Å². The van der Waals surface area contributed by atoms with E-state index in [0.29, 0.717) is 37.0 Å². The lowest BCUT2D eigenvalue weighted by Gasteiger charge is -2.31. The van der Waals surface area contributed by atoms with E-state index in [2.05, 4.69) is 5.32 Å². The summed E-state index contributed by atoms with van der Waals surface area (Å²) >= 11 is 5.84. The van der Waals surface area contributed by atoms with Gasteiger partial charge >= 0.3 is 0 Å². The Labute approximate surface area is 161 Å². The van der Waals surface area contributed by atoms with E-state index < -0.39 is 10.0 Å². The molecule has 1 aromatic rings. The number of hydrogen-bond donors (Lipinski definition) is 1. The van der Waals surface area contributed by atoms with Crippen molar-refractivity contribution in [3.05, 3.63) is 29.3 Å². The van der Waals surface area contributed by atoms with Crippen molar-refractivity contribution in [2.45, 2.75) is 62.3 Å². The van der Waals surface area contributed by atoms with Gasteiger partial charge in [0.1, 0.15) is 0 Å². The van der Waals surface area contributed by atoms with Crippen LogP contribution in [0.2, 0.25) is 5.02 Å². The van der Waals surface area contributed by atoms with Crippen LogP contribution in [0.3, 0.4) is 0 Å². The van der Waals surface area contributed by atoms with Crippen molar-refractivity contribution in [1.82, 2.24) is 9.62 Å². The van der Waals surface area contributed by atoms with Crippen molar-refractivity contribution < 1.29 is 13.2 Å². The molecule has 1 heterocycles. The second kappa shape index (κ2) is 8.72. The summed E-state index contributed by atoms with van der Waals surface area (Å²) < 4.78 is 26.9. The Balaban J connectivity index is 1.54. The fourth-order valence-electron chi connectivity index (χ4n) is 3.86. The number of sulfonamides is 1. The maximum absolute atomic E-state index is 12.7. The Morgan fingerprint density at radius 3 is 2.12 bits per heavy atom. The zero-order chi connectivity index (χ0) is 18.6. The predicted octanol–water partition coefficient (Wildman–Crippen LogP) is 3.58. The molecule has 1 aliphatic heterocycles. The van der Waals surface area contributed by atoms with E-state index >= 15 is 0 Å². The molecular weight excluding hydrogens is 372 g/mol. The zero-order valence-electron chi connectivity index (χ0n) is 15.0. The Morgan fingerprint density at radius 1 is 0.962 bits per heavy atom. The zero-order valence-corrected chi connectivity index (χ0v) is 16.6. The molecule has 1 N–H and O–H groups in total. The molecule has 0 unspecified atom stereocenters. The lowest BCUT2D eigenvalue weighted by Crippen LogP contribution is -2.45. The molecule has 0 aromatic heterocycles. The average Bonchev–Trinajstić information content (AvgIpc) is 2.91. The number of nitrogens with one attached hydrogen (secondary N) is 1. The van der Waals surface area contributed by atoms with Crippen molar-refractivity contribution in [3.63, 3.8) is 0 Å². The molecule has 0 radical (unpaired) electrons. The van der Waals surface area contributed by atoms with E-state index in [9.17, 15) is 13.2 Å². The molecule has 2 aliphatic rings. The summed E-state index contributed by atoms with van der Waals surface area (Å²) in [5.74, 6) is 0.00959. The van der Waals surface area contributed by atoms with Gasteiger partial charge in [-0.2, -0.15) is 4.31 Å². The van der Waals surface area contributed by atoms with E-state index in [-0.39, 0.29) is 16.7 Å². The fraction of sp³-hybridized carbons (Fsp3) is 0.632. The summed E-state index contributed by atoms with van der Waals surface area (Å²) in [5.41, 5.74) is 0. The molecule has 2 fully saturated rings. The highest BCUT2D eigenvalue weighted by molar-refractivity contribution is 7.89. The van der Waals surface area contributed by atoms with Crippen LogP contribution in [0.1, 0.15) is 51.4 Å². The van der Waals surface area contributed by atoms with Crippen molar-refractivity contribution in [2.24, 2.45) is 5.92 Å². The van der Waals surface area contributed by atoms with E-state index in [1.54, 1.807) is 12.1 Å². The van der Waals surface area contributed by atoms with Crippen LogP contribution in [-0.2, 0) is 14.8 Å². The highest BCUT2D eigenvalue weighted by Gasteiger charge is 2.32. The third-order valence-electron chi connectivity index (χ3n) is 5.48. The highest BCUT2D eigenvalue weighted by Crippen LogP contribution is 2.25. The molecule has 1 amide bonds. The first-order chi connectivity index (χ1) is 12.5. The van der Waals surface area contributed by atoms with Gasteiger partial charge in [-0.1, -0.05) is 37.3 Å². The third-order valence-corrected chi connectivity index (χ3v) is 7.64. The summed E-state index contributed by atoms with van der Waals surface area (Å²) in [5, 5.41) is 3.71. The number of piperidine rings is 1. The summed E-state index contributed by atoms with van der Waals surface area (Å²) in [6.45, 7) is 0.765. The summed E-state index contributed by atoms with van der Waals surface area (Å²) in [6, 6.07) is 6.52. The van der Waals surface area contributed by atoms with Gasteiger partial charge in [0.2, 0.25) is 15.9 Å². The molecule has 7 heteroatoms. The van der Waals surface area contributed by atoms with Crippen LogP contribution in [0.5, 0.6) is 0 Å². The molecule has 1 saturated carbocycles. The minimum Gasteiger partial charge on any atom is -0.353 e. The number of rotatable bonds is 4. The Kier molecular flexibility index (Phi) is 6.59. The van der Waals surface area contributed by atoms with Crippen molar-refractivity contribution >= 4 is 27.5 Å². The molecule has 1 aliphatic carbocycles. The maximum Gasteiger partial charge on any atom is 0.243 e. The molecule has 0 bridgehead atoms. The topological polar surface area (TPSA) is 66.5 Å². The first-order valence-electron chi connectivity index (χ1n) is 9.53. The average molecular weight is 399 g/mol. The van der Waals surface area contributed by atoms with Gasteiger partial charge in [-0.05, 0) is 49.9 Å². The first-order valence-corrected chi connectivity index (χ1v) is 11.3. The normalized spacial score (nSPS) is 21.3. The monoisotopic (exact) mass is 398 g/mol. The lowest BCUT2D eigenvalue weighted by atomic mass is 9.96. The largest absolute Gasteiger partial charge is 0.353 e. The van der Waals surface area contributed by atoms with Crippen LogP contribution in [0, 0.1) is 5.92 Å². The molecule has 5 nitrogen and oxygen atoms in total. The summed E-state index contributed by atoms with van der Waals surface area (Å²) in [7, 11) is -3.52. The van der Waals surface area contributed by atoms with Gasteiger partial charge in [-0.3, -0.25) is 4.79 Å². The second-order valence-electron chi connectivity index (χ2n) is 7.33. The Hall–Kier alpha value is -1.11. The Bertz CT molecular complexity index is 705. The minimum atomic E-state index is -3.52.